The maximum Gasteiger partial charge on any atom is 0.0589 e. The molecule has 0 saturated carbocycles. The van der Waals surface area contributed by atoms with Gasteiger partial charge in [-0.2, -0.15) is 0 Å². The Kier molecular flexibility index (Phi) is 2.74. The number of rotatable bonds is 3. The van der Waals surface area contributed by atoms with E-state index in [0.29, 0.717) is 0 Å². The van der Waals surface area contributed by atoms with Gasteiger partial charge >= 0.3 is 0 Å². The molecule has 52 valence electrons. The van der Waals surface area contributed by atoms with Crippen LogP contribution in [0.5, 0.6) is 0 Å². The number of nitrogens with zero attached hydrogens (tertiary/aromatic N) is 1. The zero-order chi connectivity index (χ0) is 6.53. The summed E-state index contributed by atoms with van der Waals surface area (Å²) in [6.07, 6.45) is 4.38. The van der Waals surface area contributed by atoms with Crippen molar-refractivity contribution in [3.8, 4) is 0 Å². The Labute approximate surface area is 56.1 Å². The van der Waals surface area contributed by atoms with Crippen molar-refractivity contribution in [2.24, 2.45) is 0 Å². The molecule has 0 bridgehead atoms. The predicted molar refractivity (Wildman–Crippen MR) is 37.5 cm³/mol. The van der Waals surface area contributed by atoms with Crippen molar-refractivity contribution in [2.75, 3.05) is 33.4 Å². The molecular weight excluding hydrogens is 114 g/mol. The van der Waals surface area contributed by atoms with Crippen molar-refractivity contribution in [1.82, 2.24) is 4.90 Å². The van der Waals surface area contributed by atoms with Crippen LogP contribution in [-0.4, -0.2) is 38.3 Å². The minimum absolute atomic E-state index is 0.849. The van der Waals surface area contributed by atoms with E-state index < -0.39 is 0 Å². The van der Waals surface area contributed by atoms with Crippen LogP contribution in [0.3, 0.4) is 0 Å². The second kappa shape index (κ2) is 3.64. The molecule has 0 spiro atoms. The summed E-state index contributed by atoms with van der Waals surface area (Å²) < 4.78 is 4.93. The molecule has 0 aromatic carbocycles. The topological polar surface area (TPSA) is 12.5 Å². The van der Waals surface area contributed by atoms with Gasteiger partial charge in [0.25, 0.3) is 0 Å². The lowest BCUT2D eigenvalue weighted by Gasteiger charge is -2.12. The van der Waals surface area contributed by atoms with Crippen LogP contribution in [0.2, 0.25) is 0 Å². The molecule has 1 rings (SSSR count). The highest BCUT2D eigenvalue weighted by molar-refractivity contribution is 4.94. The Balaban J connectivity index is 2.01. The summed E-state index contributed by atoms with van der Waals surface area (Å²) in [5.41, 5.74) is 0. The quantitative estimate of drug-likeness (QED) is 0.512. The Bertz CT molecular complexity index is 93.1. The monoisotopic (exact) mass is 127 g/mol. The zero-order valence-electron chi connectivity index (χ0n) is 5.84. The molecule has 0 amide bonds. The van der Waals surface area contributed by atoms with E-state index in [9.17, 15) is 0 Å². The van der Waals surface area contributed by atoms with Gasteiger partial charge in [0, 0.05) is 26.7 Å². The lowest BCUT2D eigenvalue weighted by molar-refractivity contribution is 0.163. The second-order valence-corrected chi connectivity index (χ2v) is 2.22. The van der Waals surface area contributed by atoms with Crippen LogP contribution in [0.1, 0.15) is 0 Å². The van der Waals surface area contributed by atoms with Crippen LogP contribution in [0.15, 0.2) is 12.2 Å². The molecule has 0 saturated heterocycles. The summed E-state index contributed by atoms with van der Waals surface area (Å²) in [5, 5.41) is 0. The fraction of sp³-hybridized carbons (Fsp3) is 0.714. The van der Waals surface area contributed by atoms with Crippen LogP contribution in [-0.2, 0) is 4.74 Å². The lowest BCUT2D eigenvalue weighted by Crippen LogP contribution is -2.24. The van der Waals surface area contributed by atoms with Crippen molar-refractivity contribution in [3.05, 3.63) is 12.2 Å². The Hall–Kier alpha value is -0.340. The van der Waals surface area contributed by atoms with E-state index in [1.54, 1.807) is 7.11 Å². The first-order chi connectivity index (χ1) is 4.43. The zero-order valence-corrected chi connectivity index (χ0v) is 5.84. The molecule has 1 aliphatic heterocycles. The highest BCUT2D eigenvalue weighted by Gasteiger charge is 2.03. The van der Waals surface area contributed by atoms with Crippen molar-refractivity contribution < 1.29 is 4.74 Å². The molecular formula is C7H13NO. The highest BCUT2D eigenvalue weighted by Crippen LogP contribution is 1.96. The van der Waals surface area contributed by atoms with Gasteiger partial charge in [0.2, 0.25) is 0 Å². The highest BCUT2D eigenvalue weighted by atomic mass is 16.5. The van der Waals surface area contributed by atoms with Crippen molar-refractivity contribution >= 4 is 0 Å². The summed E-state index contributed by atoms with van der Waals surface area (Å²) in [5.74, 6) is 0. The molecule has 1 aliphatic rings. The van der Waals surface area contributed by atoms with Gasteiger partial charge in [-0.1, -0.05) is 12.2 Å². The van der Waals surface area contributed by atoms with E-state index in [-0.39, 0.29) is 0 Å². The Morgan fingerprint density at radius 2 is 2.11 bits per heavy atom. The van der Waals surface area contributed by atoms with Crippen molar-refractivity contribution in [3.63, 3.8) is 0 Å². The maximum absolute atomic E-state index is 4.93. The SMILES string of the molecule is COCCN1CC=CC1. The maximum atomic E-state index is 4.93. The predicted octanol–water partition coefficient (Wildman–Crippen LogP) is 0.505. The third-order valence-electron chi connectivity index (χ3n) is 1.51. The minimum Gasteiger partial charge on any atom is -0.383 e. The second-order valence-electron chi connectivity index (χ2n) is 2.22. The molecule has 0 unspecified atom stereocenters. The van der Waals surface area contributed by atoms with Crippen LogP contribution in [0, 0.1) is 0 Å². The molecule has 0 atom stereocenters. The van der Waals surface area contributed by atoms with E-state index in [1.807, 2.05) is 0 Å². The first-order valence-electron chi connectivity index (χ1n) is 3.30. The molecule has 0 radical (unpaired) electrons. The average Bonchev–Trinajstić information content (AvgIpc) is 2.34. The fourth-order valence-electron chi connectivity index (χ4n) is 0.925. The molecule has 0 N–H and O–H groups in total. The molecule has 2 heteroatoms. The minimum atomic E-state index is 0.849. The van der Waals surface area contributed by atoms with Crippen LogP contribution in [0.25, 0.3) is 0 Å². The number of methoxy groups -OCH3 is 1. The average molecular weight is 127 g/mol. The fourth-order valence-corrected chi connectivity index (χ4v) is 0.925. The number of hydrogen-bond acceptors (Lipinski definition) is 2. The van der Waals surface area contributed by atoms with E-state index in [4.69, 9.17) is 4.74 Å². The molecule has 0 aromatic rings. The van der Waals surface area contributed by atoms with Gasteiger partial charge in [-0.3, -0.25) is 4.90 Å². The lowest BCUT2D eigenvalue weighted by atomic mass is 10.5. The van der Waals surface area contributed by atoms with Gasteiger partial charge in [-0.15, -0.1) is 0 Å². The third-order valence-corrected chi connectivity index (χ3v) is 1.51. The van der Waals surface area contributed by atoms with Crippen LogP contribution in [0.4, 0.5) is 0 Å². The number of ether oxygens (including phenoxy) is 1. The largest absolute Gasteiger partial charge is 0.383 e. The standard InChI is InChI=1S/C7H13NO/c1-9-7-6-8-4-2-3-5-8/h2-3H,4-7H2,1H3. The third kappa shape index (κ3) is 2.16. The van der Waals surface area contributed by atoms with E-state index in [0.717, 1.165) is 26.2 Å². The number of hydrogen-bond donors (Lipinski definition) is 0. The first kappa shape index (κ1) is 6.78. The van der Waals surface area contributed by atoms with Gasteiger partial charge in [0.05, 0.1) is 6.61 Å². The molecule has 9 heavy (non-hydrogen) atoms. The summed E-state index contributed by atoms with van der Waals surface area (Å²) >= 11 is 0. The molecule has 1 heterocycles. The van der Waals surface area contributed by atoms with Gasteiger partial charge in [-0.05, 0) is 0 Å². The van der Waals surface area contributed by atoms with E-state index in [2.05, 4.69) is 17.1 Å². The van der Waals surface area contributed by atoms with Crippen LogP contribution < -0.4 is 0 Å². The molecule has 0 aliphatic carbocycles. The van der Waals surface area contributed by atoms with Crippen molar-refractivity contribution in [2.45, 2.75) is 0 Å². The van der Waals surface area contributed by atoms with Gasteiger partial charge in [0.15, 0.2) is 0 Å². The van der Waals surface area contributed by atoms with Gasteiger partial charge in [-0.25, -0.2) is 0 Å². The summed E-state index contributed by atoms with van der Waals surface area (Å²) in [7, 11) is 1.74. The Morgan fingerprint density at radius 3 is 2.67 bits per heavy atom. The van der Waals surface area contributed by atoms with E-state index >= 15 is 0 Å². The molecule has 0 fully saturated rings. The molecule has 2 nitrogen and oxygen atoms in total. The van der Waals surface area contributed by atoms with E-state index in [1.165, 1.54) is 0 Å². The van der Waals surface area contributed by atoms with Gasteiger partial charge in [0.1, 0.15) is 0 Å². The smallest absolute Gasteiger partial charge is 0.0589 e. The normalized spacial score (nSPS) is 19.2. The van der Waals surface area contributed by atoms with Crippen molar-refractivity contribution in [1.29, 1.82) is 0 Å². The summed E-state index contributed by atoms with van der Waals surface area (Å²) in [6.45, 7) is 4.11. The Morgan fingerprint density at radius 1 is 1.44 bits per heavy atom. The summed E-state index contributed by atoms with van der Waals surface area (Å²) in [6, 6.07) is 0. The van der Waals surface area contributed by atoms with Crippen LogP contribution >= 0.6 is 0 Å². The van der Waals surface area contributed by atoms with Gasteiger partial charge < -0.3 is 4.74 Å². The summed E-state index contributed by atoms with van der Waals surface area (Å²) in [4.78, 5) is 2.34. The molecule has 0 aromatic heterocycles. The first-order valence-corrected chi connectivity index (χ1v) is 3.30.